The zero-order chi connectivity index (χ0) is 10.0. The van der Waals surface area contributed by atoms with Gasteiger partial charge in [0.05, 0.1) is 24.1 Å². The fourth-order valence-corrected chi connectivity index (χ4v) is 1.60. The molecule has 0 amide bonds. The maximum absolute atomic E-state index is 9.45. The maximum Gasteiger partial charge on any atom is 0.186 e. The van der Waals surface area contributed by atoms with Crippen molar-refractivity contribution in [2.75, 3.05) is 13.7 Å². The number of methoxy groups -OCH3 is 1. The molecule has 1 saturated heterocycles. The summed E-state index contributed by atoms with van der Waals surface area (Å²) < 4.78 is 9.90. The predicted molar refractivity (Wildman–Crippen MR) is 47.5 cm³/mol. The average molecular weight is 210 g/mol. The zero-order valence-electron chi connectivity index (χ0n) is 7.20. The Bertz CT molecular complexity index is 147. The van der Waals surface area contributed by atoms with Gasteiger partial charge in [0, 0.05) is 7.11 Å². The monoisotopic (exact) mass is 210 g/mol. The molecular weight excluding hydrogens is 196 g/mol. The molecule has 0 saturated carbocycles. The number of ether oxygens (including phenoxy) is 2. The van der Waals surface area contributed by atoms with Crippen molar-refractivity contribution < 1.29 is 24.8 Å². The third-order valence-electron chi connectivity index (χ3n) is 2.08. The van der Waals surface area contributed by atoms with Gasteiger partial charge in [-0.25, -0.2) is 0 Å². The minimum absolute atomic E-state index is 0.266. The van der Waals surface area contributed by atoms with Gasteiger partial charge in [-0.2, -0.15) is 12.6 Å². The predicted octanol–water partition coefficient (Wildman–Crippen LogP) is -1.63. The van der Waals surface area contributed by atoms with Crippen LogP contribution in [-0.4, -0.2) is 58.9 Å². The summed E-state index contributed by atoms with van der Waals surface area (Å²) in [6.07, 6.45) is -3.71. The smallest absolute Gasteiger partial charge is 0.186 e. The Labute approximate surface area is 81.7 Å². The molecule has 13 heavy (non-hydrogen) atoms. The first-order valence-electron chi connectivity index (χ1n) is 3.95. The van der Waals surface area contributed by atoms with E-state index in [-0.39, 0.29) is 6.61 Å². The van der Waals surface area contributed by atoms with Crippen LogP contribution in [-0.2, 0) is 9.47 Å². The molecule has 1 aliphatic rings. The summed E-state index contributed by atoms with van der Waals surface area (Å²) in [6.45, 7) is -0.266. The van der Waals surface area contributed by atoms with E-state index in [0.29, 0.717) is 0 Å². The zero-order valence-corrected chi connectivity index (χ0v) is 8.09. The molecule has 1 heterocycles. The fourth-order valence-electron chi connectivity index (χ4n) is 1.26. The maximum atomic E-state index is 9.45. The van der Waals surface area contributed by atoms with Gasteiger partial charge in [0.2, 0.25) is 0 Å². The molecule has 1 fully saturated rings. The molecule has 0 aromatic rings. The molecule has 2 unspecified atom stereocenters. The quantitative estimate of drug-likeness (QED) is 0.412. The van der Waals surface area contributed by atoms with Crippen molar-refractivity contribution >= 4 is 12.6 Å². The lowest BCUT2D eigenvalue weighted by atomic mass is 10.0. The van der Waals surface area contributed by atoms with Crippen molar-refractivity contribution in [3.63, 3.8) is 0 Å². The highest BCUT2D eigenvalue weighted by Crippen LogP contribution is 2.24. The van der Waals surface area contributed by atoms with E-state index in [0.717, 1.165) is 0 Å². The van der Waals surface area contributed by atoms with Gasteiger partial charge >= 0.3 is 0 Å². The van der Waals surface area contributed by atoms with Gasteiger partial charge < -0.3 is 24.8 Å². The lowest BCUT2D eigenvalue weighted by Gasteiger charge is -2.39. The normalized spacial score (nSPS) is 46.4. The SMILES string of the molecule is CO[C@H]1OC(CO)[C@H](S)[C@H](O)C1O. The molecule has 1 rings (SSSR count). The van der Waals surface area contributed by atoms with Crippen LogP contribution in [0.15, 0.2) is 0 Å². The molecule has 3 N–H and O–H groups in total. The Morgan fingerprint density at radius 1 is 1.38 bits per heavy atom. The largest absolute Gasteiger partial charge is 0.394 e. The highest BCUT2D eigenvalue weighted by Gasteiger charge is 2.42. The first kappa shape index (κ1) is 11.2. The molecule has 0 bridgehead atoms. The van der Waals surface area contributed by atoms with E-state index < -0.39 is 29.9 Å². The van der Waals surface area contributed by atoms with Crippen LogP contribution in [0.2, 0.25) is 0 Å². The molecule has 0 aliphatic carbocycles. The minimum atomic E-state index is -1.13. The van der Waals surface area contributed by atoms with Crippen LogP contribution in [0.25, 0.3) is 0 Å². The van der Waals surface area contributed by atoms with Gasteiger partial charge in [-0.15, -0.1) is 0 Å². The lowest BCUT2D eigenvalue weighted by Crippen LogP contribution is -2.57. The highest BCUT2D eigenvalue weighted by atomic mass is 32.1. The third-order valence-corrected chi connectivity index (χ3v) is 2.72. The topological polar surface area (TPSA) is 79.2 Å². The van der Waals surface area contributed by atoms with Crippen LogP contribution in [0.4, 0.5) is 0 Å². The van der Waals surface area contributed by atoms with Gasteiger partial charge in [-0.3, -0.25) is 0 Å². The Balaban J connectivity index is 2.66. The summed E-state index contributed by atoms with van der Waals surface area (Å²) in [5.41, 5.74) is 0. The summed E-state index contributed by atoms with van der Waals surface area (Å²) in [7, 11) is 1.36. The Morgan fingerprint density at radius 3 is 2.46 bits per heavy atom. The molecule has 0 aromatic heterocycles. The summed E-state index contributed by atoms with van der Waals surface area (Å²) in [6, 6.07) is 0. The van der Waals surface area contributed by atoms with Gasteiger partial charge in [-0.05, 0) is 0 Å². The van der Waals surface area contributed by atoms with E-state index in [2.05, 4.69) is 12.6 Å². The Kier molecular flexibility index (Phi) is 3.96. The van der Waals surface area contributed by atoms with Gasteiger partial charge in [0.25, 0.3) is 0 Å². The first-order chi connectivity index (χ1) is 6.11. The number of rotatable bonds is 2. The summed E-state index contributed by atoms with van der Waals surface area (Å²) in [4.78, 5) is 0. The van der Waals surface area contributed by atoms with Crippen molar-refractivity contribution in [2.24, 2.45) is 0 Å². The molecule has 0 spiro atoms. The minimum Gasteiger partial charge on any atom is -0.394 e. The van der Waals surface area contributed by atoms with Crippen LogP contribution in [0.5, 0.6) is 0 Å². The second-order valence-corrected chi connectivity index (χ2v) is 3.53. The molecule has 5 atom stereocenters. The van der Waals surface area contributed by atoms with Crippen molar-refractivity contribution in [2.45, 2.75) is 29.9 Å². The van der Waals surface area contributed by atoms with Crippen LogP contribution >= 0.6 is 12.6 Å². The van der Waals surface area contributed by atoms with E-state index in [4.69, 9.17) is 14.6 Å². The summed E-state index contributed by atoms with van der Waals surface area (Å²) in [5.74, 6) is 0. The van der Waals surface area contributed by atoms with Crippen molar-refractivity contribution in [3.05, 3.63) is 0 Å². The van der Waals surface area contributed by atoms with Gasteiger partial charge in [-0.1, -0.05) is 0 Å². The van der Waals surface area contributed by atoms with E-state index >= 15 is 0 Å². The van der Waals surface area contributed by atoms with Crippen molar-refractivity contribution in [1.82, 2.24) is 0 Å². The second kappa shape index (κ2) is 4.59. The number of aliphatic hydroxyl groups excluding tert-OH is 3. The molecule has 5 nitrogen and oxygen atoms in total. The van der Waals surface area contributed by atoms with Gasteiger partial charge in [0.15, 0.2) is 6.29 Å². The van der Waals surface area contributed by atoms with E-state index in [1.54, 1.807) is 0 Å². The summed E-state index contributed by atoms with van der Waals surface area (Å²) in [5, 5.41) is 27.1. The standard InChI is InChI=1S/C7H14O5S/c1-11-7-5(10)4(9)6(13)3(2-8)12-7/h3-10,13H,2H2,1H3/t3?,4-,5?,6+,7+/m1/s1. The summed E-state index contributed by atoms with van der Waals surface area (Å²) >= 11 is 4.02. The molecule has 6 heteroatoms. The lowest BCUT2D eigenvalue weighted by molar-refractivity contribution is -0.259. The highest BCUT2D eigenvalue weighted by molar-refractivity contribution is 7.81. The van der Waals surface area contributed by atoms with Crippen molar-refractivity contribution in [3.8, 4) is 0 Å². The van der Waals surface area contributed by atoms with Crippen LogP contribution < -0.4 is 0 Å². The molecular formula is C7H14O5S. The Morgan fingerprint density at radius 2 is 2.00 bits per heavy atom. The number of aliphatic hydroxyl groups is 3. The first-order valence-corrected chi connectivity index (χ1v) is 4.46. The van der Waals surface area contributed by atoms with E-state index in [9.17, 15) is 10.2 Å². The van der Waals surface area contributed by atoms with Crippen LogP contribution in [0.3, 0.4) is 0 Å². The molecule has 0 aromatic carbocycles. The molecule has 0 radical (unpaired) electrons. The van der Waals surface area contributed by atoms with E-state index in [1.165, 1.54) is 7.11 Å². The van der Waals surface area contributed by atoms with Crippen molar-refractivity contribution in [1.29, 1.82) is 0 Å². The van der Waals surface area contributed by atoms with E-state index in [1.807, 2.05) is 0 Å². The Hall–Kier alpha value is 0.150. The number of hydrogen-bond acceptors (Lipinski definition) is 6. The van der Waals surface area contributed by atoms with Crippen LogP contribution in [0.1, 0.15) is 0 Å². The van der Waals surface area contributed by atoms with Crippen LogP contribution in [0, 0.1) is 0 Å². The number of hydrogen-bond donors (Lipinski definition) is 4. The average Bonchev–Trinajstić information content (AvgIpc) is 2.15. The molecule has 1 aliphatic heterocycles. The number of thiol groups is 1. The fraction of sp³-hybridized carbons (Fsp3) is 1.00. The second-order valence-electron chi connectivity index (χ2n) is 2.93. The third kappa shape index (κ3) is 2.15. The molecule has 78 valence electrons. The van der Waals surface area contributed by atoms with Gasteiger partial charge in [0.1, 0.15) is 6.10 Å².